The van der Waals surface area contributed by atoms with Crippen LogP contribution in [0.5, 0.6) is 0 Å². The van der Waals surface area contributed by atoms with Crippen LogP contribution in [0.4, 0.5) is 0 Å². The number of hydrogen-bond donors (Lipinski definition) is 3. The van der Waals surface area contributed by atoms with Crippen LogP contribution in [0.15, 0.2) is 12.2 Å². The zero-order valence-electron chi connectivity index (χ0n) is 16.8. The third kappa shape index (κ3) is 2.44. The molecule has 0 saturated heterocycles. The van der Waals surface area contributed by atoms with Gasteiger partial charge in [-0.15, -0.1) is 0 Å². The van der Waals surface area contributed by atoms with Gasteiger partial charge in [-0.05, 0) is 67.3 Å². The molecule has 0 unspecified atom stereocenters. The summed E-state index contributed by atoms with van der Waals surface area (Å²) in [5.41, 5.74) is -0.133. The summed E-state index contributed by atoms with van der Waals surface area (Å²) in [5, 5.41) is 33.1. The second kappa shape index (κ2) is 6.04. The van der Waals surface area contributed by atoms with Gasteiger partial charge in [0.2, 0.25) is 0 Å². The van der Waals surface area contributed by atoms with Crippen molar-refractivity contribution in [2.45, 2.75) is 77.6 Å². The summed E-state index contributed by atoms with van der Waals surface area (Å²) in [6.45, 7) is 10.0. The average molecular weight is 379 g/mol. The summed E-state index contributed by atoms with van der Waals surface area (Å²) >= 11 is 0. The zero-order valence-corrected chi connectivity index (χ0v) is 16.8. The van der Waals surface area contributed by atoms with Gasteiger partial charge in [0.15, 0.2) is 0 Å². The van der Waals surface area contributed by atoms with Crippen molar-refractivity contribution < 1.29 is 24.9 Å². The fourth-order valence-electron chi connectivity index (χ4n) is 7.96. The average Bonchev–Trinajstić information content (AvgIpc) is 2.78. The van der Waals surface area contributed by atoms with E-state index in [0.717, 1.165) is 31.3 Å². The molecule has 0 aromatic carbocycles. The van der Waals surface area contributed by atoms with Crippen molar-refractivity contribution in [2.75, 3.05) is 6.61 Å². The SMILES string of the molecule is C=C1[C@@H]2C[C@@H](O)[C@H]3[C@]4(C)CC[C@@H](O)[C@@](C)(COC(C)=O)[C@H]4CC[C@]3(C2)[C@@H]1O. The summed E-state index contributed by atoms with van der Waals surface area (Å²) < 4.78 is 5.38. The van der Waals surface area contributed by atoms with Crippen LogP contribution in [0.25, 0.3) is 0 Å². The molecule has 4 rings (SSSR count). The quantitative estimate of drug-likeness (QED) is 0.507. The molecular formula is C22H34O5. The van der Waals surface area contributed by atoms with Crippen molar-refractivity contribution in [3.63, 3.8) is 0 Å². The minimum absolute atomic E-state index is 0.0154. The summed E-state index contributed by atoms with van der Waals surface area (Å²) in [5.74, 6) is 0.00782. The molecule has 4 aliphatic rings. The van der Waals surface area contributed by atoms with Crippen LogP contribution in [0.1, 0.15) is 59.3 Å². The lowest BCUT2D eigenvalue weighted by Gasteiger charge is -2.66. The van der Waals surface area contributed by atoms with Crippen molar-refractivity contribution in [2.24, 2.45) is 34.0 Å². The molecule has 1 spiro atoms. The molecule has 152 valence electrons. The Morgan fingerprint density at radius 3 is 2.59 bits per heavy atom. The summed E-state index contributed by atoms with van der Waals surface area (Å²) in [7, 11) is 0. The van der Waals surface area contributed by atoms with Gasteiger partial charge in [-0.2, -0.15) is 0 Å². The predicted molar refractivity (Wildman–Crippen MR) is 101 cm³/mol. The van der Waals surface area contributed by atoms with E-state index in [0.29, 0.717) is 12.8 Å². The first-order valence-corrected chi connectivity index (χ1v) is 10.4. The van der Waals surface area contributed by atoms with E-state index in [2.05, 4.69) is 13.5 Å². The fraction of sp³-hybridized carbons (Fsp3) is 0.864. The number of esters is 1. The topological polar surface area (TPSA) is 87.0 Å². The normalized spacial score (nSPS) is 54.2. The highest BCUT2D eigenvalue weighted by Gasteiger charge is 2.70. The maximum atomic E-state index is 11.5. The number of hydrogen-bond acceptors (Lipinski definition) is 5. The Labute approximate surface area is 161 Å². The molecule has 4 aliphatic carbocycles. The standard InChI is InChI=1S/C22H34O5/c1-12-14-9-15(24)18-20(3)7-6-17(25)21(4,11-27-13(2)23)16(20)5-8-22(18,10-14)19(12)26/h14-19,24-26H,1,5-11H2,2-4H3/t14-,15-,16+,17-,18+,19-,20-,21+,22-/m1/s1. The van der Waals surface area contributed by atoms with Crippen molar-refractivity contribution in [1.82, 2.24) is 0 Å². The lowest BCUT2D eigenvalue weighted by Crippen LogP contribution is -2.65. The summed E-state index contributed by atoms with van der Waals surface area (Å²) in [6.07, 6.45) is 3.20. The van der Waals surface area contributed by atoms with E-state index in [1.165, 1.54) is 6.92 Å². The number of carbonyl (C=O) groups excluding carboxylic acids is 1. The van der Waals surface area contributed by atoms with Crippen molar-refractivity contribution in [3.05, 3.63) is 12.2 Å². The molecule has 0 heterocycles. The molecule has 9 atom stereocenters. The largest absolute Gasteiger partial charge is 0.465 e. The van der Waals surface area contributed by atoms with E-state index >= 15 is 0 Å². The Kier molecular flexibility index (Phi) is 4.34. The van der Waals surface area contributed by atoms with Gasteiger partial charge in [0.1, 0.15) is 0 Å². The monoisotopic (exact) mass is 378 g/mol. The van der Waals surface area contributed by atoms with Gasteiger partial charge in [-0.25, -0.2) is 0 Å². The molecule has 4 saturated carbocycles. The molecule has 0 amide bonds. The van der Waals surface area contributed by atoms with E-state index in [1.54, 1.807) is 0 Å². The highest BCUT2D eigenvalue weighted by atomic mass is 16.5. The number of carbonyl (C=O) groups is 1. The van der Waals surface area contributed by atoms with E-state index < -0.39 is 23.7 Å². The van der Waals surface area contributed by atoms with E-state index in [9.17, 15) is 20.1 Å². The lowest BCUT2D eigenvalue weighted by atomic mass is 9.40. The molecule has 0 aromatic rings. The Morgan fingerprint density at radius 2 is 1.93 bits per heavy atom. The Bertz CT molecular complexity index is 661. The Balaban J connectivity index is 1.74. The van der Waals surface area contributed by atoms with Gasteiger partial charge < -0.3 is 20.1 Å². The minimum atomic E-state index is -0.547. The summed E-state index contributed by atoms with van der Waals surface area (Å²) in [6, 6.07) is 0. The highest BCUT2D eigenvalue weighted by Crippen LogP contribution is 2.72. The second-order valence-electron chi connectivity index (χ2n) is 10.3. The zero-order chi connectivity index (χ0) is 19.8. The summed E-state index contributed by atoms with van der Waals surface area (Å²) in [4.78, 5) is 11.5. The Hall–Kier alpha value is -0.910. The molecule has 5 nitrogen and oxygen atoms in total. The molecule has 3 N–H and O–H groups in total. The first kappa shape index (κ1) is 19.4. The third-order valence-electron chi connectivity index (χ3n) is 9.08. The van der Waals surface area contributed by atoms with Gasteiger partial charge in [0.25, 0.3) is 0 Å². The van der Waals surface area contributed by atoms with Gasteiger partial charge in [-0.1, -0.05) is 20.4 Å². The predicted octanol–water partition coefficient (Wildman–Crippen LogP) is 2.43. The molecule has 0 aliphatic heterocycles. The van der Waals surface area contributed by atoms with Crippen molar-refractivity contribution >= 4 is 5.97 Å². The van der Waals surface area contributed by atoms with E-state index in [4.69, 9.17) is 4.74 Å². The van der Waals surface area contributed by atoms with Crippen LogP contribution >= 0.6 is 0 Å². The van der Waals surface area contributed by atoms with Crippen LogP contribution in [-0.2, 0) is 9.53 Å². The molecule has 0 radical (unpaired) electrons. The maximum absolute atomic E-state index is 11.5. The number of aliphatic hydroxyl groups is 3. The van der Waals surface area contributed by atoms with Crippen LogP contribution < -0.4 is 0 Å². The minimum Gasteiger partial charge on any atom is -0.465 e. The molecule has 5 heteroatoms. The van der Waals surface area contributed by atoms with Gasteiger partial charge >= 0.3 is 5.97 Å². The number of ether oxygens (including phenoxy) is 1. The molecule has 27 heavy (non-hydrogen) atoms. The first-order valence-electron chi connectivity index (χ1n) is 10.4. The van der Waals surface area contributed by atoms with E-state index in [-0.39, 0.29) is 41.2 Å². The fourth-order valence-corrected chi connectivity index (χ4v) is 7.96. The van der Waals surface area contributed by atoms with E-state index in [1.807, 2.05) is 6.92 Å². The van der Waals surface area contributed by atoms with Crippen LogP contribution in [-0.4, -0.2) is 46.2 Å². The molecular weight excluding hydrogens is 344 g/mol. The second-order valence-corrected chi connectivity index (χ2v) is 10.3. The van der Waals surface area contributed by atoms with Gasteiger partial charge in [0, 0.05) is 17.8 Å². The smallest absolute Gasteiger partial charge is 0.302 e. The third-order valence-corrected chi connectivity index (χ3v) is 9.08. The Morgan fingerprint density at radius 1 is 1.22 bits per heavy atom. The molecule has 4 fully saturated rings. The maximum Gasteiger partial charge on any atom is 0.302 e. The number of aliphatic hydroxyl groups excluding tert-OH is 3. The highest BCUT2D eigenvalue weighted by molar-refractivity contribution is 5.65. The van der Waals surface area contributed by atoms with Gasteiger partial charge in [-0.3, -0.25) is 4.79 Å². The van der Waals surface area contributed by atoms with Crippen LogP contribution in [0, 0.1) is 34.0 Å². The van der Waals surface area contributed by atoms with Crippen molar-refractivity contribution in [3.8, 4) is 0 Å². The number of fused-ring (bicyclic) bond motifs is 3. The number of rotatable bonds is 2. The molecule has 0 aromatic heterocycles. The van der Waals surface area contributed by atoms with Crippen LogP contribution in [0.3, 0.4) is 0 Å². The lowest BCUT2D eigenvalue weighted by molar-refractivity contribution is -0.235. The van der Waals surface area contributed by atoms with Crippen molar-refractivity contribution in [1.29, 1.82) is 0 Å². The molecule has 2 bridgehead atoms. The van der Waals surface area contributed by atoms with Gasteiger partial charge in [0.05, 0.1) is 24.9 Å². The van der Waals surface area contributed by atoms with Crippen LogP contribution in [0.2, 0.25) is 0 Å². The first-order chi connectivity index (χ1) is 12.6.